The van der Waals surface area contributed by atoms with Crippen LogP contribution in [0, 0.1) is 0 Å². The van der Waals surface area contributed by atoms with Crippen LogP contribution in [0.3, 0.4) is 0 Å². The average Bonchev–Trinajstić information content (AvgIpc) is 2.04. The van der Waals surface area contributed by atoms with E-state index in [0.717, 1.165) is 12.2 Å². The molecular weight excluding hydrogens is 174 g/mol. The maximum atomic E-state index is 5.68. The van der Waals surface area contributed by atoms with Crippen molar-refractivity contribution < 1.29 is 4.74 Å². The number of ether oxygens (including phenoxy) is 1. The van der Waals surface area contributed by atoms with Gasteiger partial charge in [0, 0.05) is 12.3 Å². The van der Waals surface area contributed by atoms with Gasteiger partial charge in [-0.3, -0.25) is 0 Å². The standard InChI is InChI=1S/C9H12ClNO/c1-3-7(2)12-8-4-5-11-9(10)6-8/h4-7H,3H2,1-2H3. The summed E-state index contributed by atoms with van der Waals surface area (Å²) in [6, 6.07) is 3.52. The molecule has 0 aromatic carbocycles. The van der Waals surface area contributed by atoms with Crippen LogP contribution in [0.25, 0.3) is 0 Å². The Bertz CT molecular complexity index is 252. The Labute approximate surface area is 77.5 Å². The van der Waals surface area contributed by atoms with Gasteiger partial charge in [0.2, 0.25) is 0 Å². The number of nitrogens with zero attached hydrogens (tertiary/aromatic N) is 1. The predicted octanol–water partition coefficient (Wildman–Crippen LogP) is 2.91. The van der Waals surface area contributed by atoms with E-state index in [2.05, 4.69) is 11.9 Å². The molecule has 0 amide bonds. The highest BCUT2D eigenvalue weighted by atomic mass is 35.5. The van der Waals surface area contributed by atoms with Crippen LogP contribution >= 0.6 is 11.6 Å². The van der Waals surface area contributed by atoms with Crippen molar-refractivity contribution in [3.05, 3.63) is 23.5 Å². The van der Waals surface area contributed by atoms with Gasteiger partial charge in [0.1, 0.15) is 10.9 Å². The van der Waals surface area contributed by atoms with Crippen LogP contribution in [0.2, 0.25) is 5.15 Å². The summed E-state index contributed by atoms with van der Waals surface area (Å²) in [5.74, 6) is 0.782. The number of hydrogen-bond donors (Lipinski definition) is 0. The summed E-state index contributed by atoms with van der Waals surface area (Å²) >= 11 is 5.68. The number of hydrogen-bond acceptors (Lipinski definition) is 2. The normalized spacial score (nSPS) is 12.6. The Morgan fingerprint density at radius 1 is 1.67 bits per heavy atom. The Morgan fingerprint density at radius 2 is 2.42 bits per heavy atom. The minimum Gasteiger partial charge on any atom is -0.491 e. The third-order valence-electron chi connectivity index (χ3n) is 1.61. The van der Waals surface area contributed by atoms with Crippen molar-refractivity contribution in [3.8, 4) is 5.75 Å². The van der Waals surface area contributed by atoms with Crippen molar-refractivity contribution in [2.24, 2.45) is 0 Å². The lowest BCUT2D eigenvalue weighted by Gasteiger charge is -2.11. The van der Waals surface area contributed by atoms with Crippen LogP contribution in [-0.2, 0) is 0 Å². The summed E-state index contributed by atoms with van der Waals surface area (Å²) in [6.07, 6.45) is 2.85. The maximum absolute atomic E-state index is 5.68. The van der Waals surface area contributed by atoms with Gasteiger partial charge < -0.3 is 4.74 Å². The van der Waals surface area contributed by atoms with Crippen molar-refractivity contribution in [1.82, 2.24) is 4.98 Å². The lowest BCUT2D eigenvalue weighted by atomic mass is 10.3. The van der Waals surface area contributed by atoms with Gasteiger partial charge in [-0.25, -0.2) is 4.98 Å². The molecule has 0 bridgehead atoms. The zero-order valence-corrected chi connectivity index (χ0v) is 8.01. The van der Waals surface area contributed by atoms with Gasteiger partial charge >= 0.3 is 0 Å². The molecule has 1 heterocycles. The van der Waals surface area contributed by atoms with Crippen LogP contribution in [-0.4, -0.2) is 11.1 Å². The first-order valence-electron chi connectivity index (χ1n) is 4.00. The van der Waals surface area contributed by atoms with Crippen molar-refractivity contribution in [3.63, 3.8) is 0 Å². The topological polar surface area (TPSA) is 22.1 Å². The highest BCUT2D eigenvalue weighted by Crippen LogP contribution is 2.16. The fraction of sp³-hybridized carbons (Fsp3) is 0.444. The van der Waals surface area contributed by atoms with Gasteiger partial charge in [-0.1, -0.05) is 18.5 Å². The van der Waals surface area contributed by atoms with Crippen LogP contribution in [0.4, 0.5) is 0 Å². The number of aromatic nitrogens is 1. The molecule has 12 heavy (non-hydrogen) atoms. The van der Waals surface area contributed by atoms with Gasteiger partial charge in [0.25, 0.3) is 0 Å². The molecule has 0 aliphatic heterocycles. The summed E-state index contributed by atoms with van der Waals surface area (Å²) in [5.41, 5.74) is 0. The van der Waals surface area contributed by atoms with E-state index in [-0.39, 0.29) is 6.10 Å². The third kappa shape index (κ3) is 2.70. The molecule has 0 saturated heterocycles. The zero-order valence-electron chi connectivity index (χ0n) is 7.25. The number of halogens is 1. The molecule has 3 heteroatoms. The third-order valence-corrected chi connectivity index (χ3v) is 1.82. The minimum atomic E-state index is 0.225. The van der Waals surface area contributed by atoms with Gasteiger partial charge in [0.05, 0.1) is 6.10 Å². The van der Waals surface area contributed by atoms with Crippen LogP contribution in [0.5, 0.6) is 5.75 Å². The fourth-order valence-corrected chi connectivity index (χ4v) is 0.938. The van der Waals surface area contributed by atoms with Crippen LogP contribution in [0.15, 0.2) is 18.3 Å². The van der Waals surface area contributed by atoms with E-state index >= 15 is 0 Å². The van der Waals surface area contributed by atoms with E-state index in [0.29, 0.717) is 5.15 Å². The molecule has 66 valence electrons. The summed E-state index contributed by atoms with van der Waals surface area (Å²) in [4.78, 5) is 3.86. The average molecular weight is 186 g/mol. The maximum Gasteiger partial charge on any atom is 0.132 e. The Morgan fingerprint density at radius 3 is 3.00 bits per heavy atom. The first kappa shape index (κ1) is 9.33. The first-order valence-corrected chi connectivity index (χ1v) is 4.38. The van der Waals surface area contributed by atoms with Gasteiger partial charge in [0.15, 0.2) is 0 Å². The Kier molecular flexibility index (Phi) is 3.35. The van der Waals surface area contributed by atoms with Crippen LogP contribution in [0.1, 0.15) is 20.3 Å². The molecule has 1 rings (SSSR count). The first-order chi connectivity index (χ1) is 5.72. The quantitative estimate of drug-likeness (QED) is 0.676. The second-order valence-corrected chi connectivity index (χ2v) is 3.04. The SMILES string of the molecule is CCC(C)Oc1ccnc(Cl)c1. The van der Waals surface area contributed by atoms with Crippen molar-refractivity contribution >= 4 is 11.6 Å². The molecular formula is C9H12ClNO. The second kappa shape index (κ2) is 4.31. The smallest absolute Gasteiger partial charge is 0.132 e. The highest BCUT2D eigenvalue weighted by molar-refractivity contribution is 6.29. The predicted molar refractivity (Wildman–Crippen MR) is 49.6 cm³/mol. The van der Waals surface area contributed by atoms with E-state index in [1.807, 2.05) is 6.92 Å². The lowest BCUT2D eigenvalue weighted by molar-refractivity contribution is 0.217. The molecule has 0 radical (unpaired) electrons. The Balaban J connectivity index is 2.63. The molecule has 0 fully saturated rings. The zero-order chi connectivity index (χ0) is 8.97. The minimum absolute atomic E-state index is 0.225. The molecule has 1 aromatic rings. The molecule has 1 unspecified atom stereocenters. The van der Waals surface area contributed by atoms with Crippen molar-refractivity contribution in [2.45, 2.75) is 26.4 Å². The highest BCUT2D eigenvalue weighted by Gasteiger charge is 2.00. The molecule has 1 aromatic heterocycles. The fourth-order valence-electron chi connectivity index (χ4n) is 0.774. The molecule has 0 aliphatic carbocycles. The summed E-state index contributed by atoms with van der Waals surface area (Å²) in [5, 5.41) is 0.468. The monoisotopic (exact) mass is 185 g/mol. The molecule has 2 nitrogen and oxygen atoms in total. The molecule has 0 N–H and O–H groups in total. The molecule has 1 atom stereocenters. The number of pyridine rings is 1. The number of rotatable bonds is 3. The lowest BCUT2D eigenvalue weighted by Crippen LogP contribution is -2.09. The van der Waals surface area contributed by atoms with E-state index < -0.39 is 0 Å². The van der Waals surface area contributed by atoms with Gasteiger partial charge in [-0.05, 0) is 19.4 Å². The van der Waals surface area contributed by atoms with Crippen LogP contribution < -0.4 is 4.74 Å². The second-order valence-electron chi connectivity index (χ2n) is 2.65. The van der Waals surface area contributed by atoms with Crippen molar-refractivity contribution in [1.29, 1.82) is 0 Å². The molecule has 0 aliphatic rings. The summed E-state index contributed by atoms with van der Waals surface area (Å²) in [6.45, 7) is 4.10. The van der Waals surface area contributed by atoms with E-state index in [1.165, 1.54) is 0 Å². The van der Waals surface area contributed by atoms with Gasteiger partial charge in [-0.2, -0.15) is 0 Å². The van der Waals surface area contributed by atoms with E-state index in [9.17, 15) is 0 Å². The Hall–Kier alpha value is -0.760. The van der Waals surface area contributed by atoms with Gasteiger partial charge in [-0.15, -0.1) is 0 Å². The summed E-state index contributed by atoms with van der Waals surface area (Å²) < 4.78 is 5.52. The molecule has 0 saturated carbocycles. The van der Waals surface area contributed by atoms with E-state index in [4.69, 9.17) is 16.3 Å². The summed E-state index contributed by atoms with van der Waals surface area (Å²) in [7, 11) is 0. The van der Waals surface area contributed by atoms with Crippen molar-refractivity contribution in [2.75, 3.05) is 0 Å². The molecule has 0 spiro atoms. The largest absolute Gasteiger partial charge is 0.491 e. The van der Waals surface area contributed by atoms with E-state index in [1.54, 1.807) is 18.3 Å².